The van der Waals surface area contributed by atoms with E-state index < -0.39 is 24.6 Å². The molecule has 1 N–H and O–H groups in total. The van der Waals surface area contributed by atoms with E-state index in [4.69, 9.17) is 23.7 Å². The Morgan fingerprint density at radius 2 is 1.06 bits per heavy atom. The lowest BCUT2D eigenvalue weighted by atomic mass is 9.90. The lowest BCUT2D eigenvalue weighted by Gasteiger charge is -2.47. The highest BCUT2D eigenvalue weighted by atomic mass is 16.7. The van der Waals surface area contributed by atoms with Crippen LogP contribution < -0.4 is 0 Å². The summed E-state index contributed by atoms with van der Waals surface area (Å²) in [5.41, 5.74) is 0. The fourth-order valence-corrected chi connectivity index (χ4v) is 3.61. The average molecular weight is 447 g/mol. The first kappa shape index (κ1) is 28.8. The van der Waals surface area contributed by atoms with E-state index in [0.717, 1.165) is 51.4 Å². The molecule has 0 aromatic heterocycles. The largest absolute Gasteiger partial charge is 0.390 e. The minimum absolute atomic E-state index is 0.0346. The summed E-state index contributed by atoms with van der Waals surface area (Å²) < 4.78 is 31.5. The lowest BCUT2D eigenvalue weighted by Crippen LogP contribution is -2.64. The van der Waals surface area contributed by atoms with Crippen molar-refractivity contribution < 1.29 is 28.8 Å². The van der Waals surface area contributed by atoms with Gasteiger partial charge < -0.3 is 28.8 Å². The summed E-state index contributed by atoms with van der Waals surface area (Å²) in [5.74, 6) is 0.0346. The first-order valence-corrected chi connectivity index (χ1v) is 12.8. The number of rotatable bonds is 18. The normalized spacial score (nSPS) is 27.7. The molecule has 0 saturated carbocycles. The average Bonchev–Trinajstić information content (AvgIpc) is 2.75. The van der Waals surface area contributed by atoms with Crippen LogP contribution in [0.5, 0.6) is 0 Å². The molecule has 6 nitrogen and oxygen atoms in total. The van der Waals surface area contributed by atoms with Crippen LogP contribution in [0.15, 0.2) is 0 Å². The van der Waals surface area contributed by atoms with Gasteiger partial charge in [-0.25, -0.2) is 0 Å². The Morgan fingerprint density at radius 3 is 1.52 bits per heavy atom. The Labute approximate surface area is 191 Å². The molecule has 6 heteroatoms. The van der Waals surface area contributed by atoms with Gasteiger partial charge in [-0.2, -0.15) is 0 Å². The first-order chi connectivity index (χ1) is 15.0. The zero-order valence-electron chi connectivity index (χ0n) is 21.0. The van der Waals surface area contributed by atoms with Crippen LogP contribution in [0.4, 0.5) is 0 Å². The van der Waals surface area contributed by atoms with E-state index in [-0.39, 0.29) is 18.1 Å². The highest BCUT2D eigenvalue weighted by Gasteiger charge is 2.51. The quantitative estimate of drug-likeness (QED) is 0.296. The SMILES string of the molecule is CCCCO[C@H]1O[C@H]([C@@H](O)C(C)C)[C@@H](OCCCC)[C@H](OCCCC)[C@@H]1OCCCC. The zero-order valence-corrected chi connectivity index (χ0v) is 21.0. The summed E-state index contributed by atoms with van der Waals surface area (Å²) in [4.78, 5) is 0. The van der Waals surface area contributed by atoms with Crippen molar-refractivity contribution >= 4 is 0 Å². The van der Waals surface area contributed by atoms with Gasteiger partial charge in [-0.3, -0.25) is 0 Å². The molecule has 1 heterocycles. The van der Waals surface area contributed by atoms with Crippen LogP contribution >= 0.6 is 0 Å². The molecule has 1 aliphatic heterocycles. The number of unbranched alkanes of at least 4 members (excludes halogenated alkanes) is 4. The highest BCUT2D eigenvalue weighted by Crippen LogP contribution is 2.33. The van der Waals surface area contributed by atoms with E-state index in [1.807, 2.05) is 13.8 Å². The van der Waals surface area contributed by atoms with Gasteiger partial charge >= 0.3 is 0 Å². The molecule has 1 aliphatic rings. The Kier molecular flexibility index (Phi) is 16.0. The van der Waals surface area contributed by atoms with E-state index in [0.29, 0.717) is 26.4 Å². The molecule has 0 aromatic carbocycles. The third-order valence-corrected chi connectivity index (χ3v) is 5.76. The van der Waals surface area contributed by atoms with Gasteiger partial charge in [0.05, 0.1) is 6.10 Å². The molecule has 1 rings (SSSR count). The number of aliphatic hydroxyl groups excluding tert-OH is 1. The molecule has 6 atom stereocenters. The molecule has 1 saturated heterocycles. The van der Waals surface area contributed by atoms with Crippen molar-refractivity contribution in [1.82, 2.24) is 0 Å². The second-order valence-corrected chi connectivity index (χ2v) is 8.99. The Balaban J connectivity index is 3.16. The minimum Gasteiger partial charge on any atom is -0.390 e. The smallest absolute Gasteiger partial charge is 0.186 e. The molecule has 0 bridgehead atoms. The Hall–Kier alpha value is -0.240. The molecule has 1 fully saturated rings. The van der Waals surface area contributed by atoms with Gasteiger partial charge in [0.1, 0.15) is 24.4 Å². The number of hydrogen-bond donors (Lipinski definition) is 1. The molecule has 186 valence electrons. The molecule has 0 spiro atoms. The maximum atomic E-state index is 11.0. The highest BCUT2D eigenvalue weighted by molar-refractivity contribution is 4.96. The summed E-state index contributed by atoms with van der Waals surface area (Å²) >= 11 is 0. The van der Waals surface area contributed by atoms with Crippen LogP contribution in [0.25, 0.3) is 0 Å². The van der Waals surface area contributed by atoms with Crippen molar-refractivity contribution in [2.24, 2.45) is 5.92 Å². The van der Waals surface area contributed by atoms with Gasteiger partial charge in [0.25, 0.3) is 0 Å². The lowest BCUT2D eigenvalue weighted by molar-refractivity contribution is -0.332. The van der Waals surface area contributed by atoms with Crippen molar-refractivity contribution in [3.05, 3.63) is 0 Å². The topological polar surface area (TPSA) is 66.4 Å². The summed E-state index contributed by atoms with van der Waals surface area (Å²) in [5, 5.41) is 11.0. The molecule has 0 amide bonds. The Bertz CT molecular complexity index is 419. The summed E-state index contributed by atoms with van der Waals surface area (Å²) in [6.07, 6.45) is 5.22. The number of hydrogen-bond acceptors (Lipinski definition) is 6. The van der Waals surface area contributed by atoms with Crippen LogP contribution in [-0.2, 0) is 23.7 Å². The van der Waals surface area contributed by atoms with Gasteiger partial charge in [0, 0.05) is 26.4 Å². The van der Waals surface area contributed by atoms with Crippen molar-refractivity contribution in [1.29, 1.82) is 0 Å². The van der Waals surface area contributed by atoms with Crippen LogP contribution in [0, 0.1) is 5.92 Å². The second-order valence-electron chi connectivity index (χ2n) is 8.99. The third-order valence-electron chi connectivity index (χ3n) is 5.76. The molecule has 0 unspecified atom stereocenters. The predicted molar refractivity (Wildman–Crippen MR) is 124 cm³/mol. The minimum atomic E-state index is -0.669. The molecule has 0 aliphatic carbocycles. The van der Waals surface area contributed by atoms with Crippen LogP contribution in [0.3, 0.4) is 0 Å². The molecular weight excluding hydrogens is 396 g/mol. The predicted octanol–water partition coefficient (Wildman–Crippen LogP) is 5.10. The van der Waals surface area contributed by atoms with Gasteiger partial charge in [-0.15, -0.1) is 0 Å². The van der Waals surface area contributed by atoms with Gasteiger partial charge in [-0.1, -0.05) is 67.2 Å². The zero-order chi connectivity index (χ0) is 23.1. The first-order valence-electron chi connectivity index (χ1n) is 12.8. The standard InChI is InChI=1S/C25H50O6/c1-7-11-15-27-22-21(20(26)19(5)6)31-25(30-18-14-10-4)24(29-17-13-9-3)23(22)28-16-12-8-2/h19-26H,7-18H2,1-6H3/t20-,21+,22+,23-,24-,25-/m0/s1. The monoisotopic (exact) mass is 446 g/mol. The third kappa shape index (κ3) is 10.1. The summed E-state index contributed by atoms with van der Waals surface area (Å²) in [6.45, 7) is 15.1. The second kappa shape index (κ2) is 17.3. The van der Waals surface area contributed by atoms with Crippen LogP contribution in [0.1, 0.15) is 92.9 Å². The fourth-order valence-electron chi connectivity index (χ4n) is 3.61. The van der Waals surface area contributed by atoms with E-state index in [1.54, 1.807) is 0 Å². The Morgan fingerprint density at radius 1 is 0.645 bits per heavy atom. The maximum Gasteiger partial charge on any atom is 0.186 e. The van der Waals surface area contributed by atoms with Gasteiger partial charge in [0.15, 0.2) is 6.29 Å². The van der Waals surface area contributed by atoms with Crippen LogP contribution in [0.2, 0.25) is 0 Å². The summed E-state index contributed by atoms with van der Waals surface area (Å²) in [6, 6.07) is 0. The van der Waals surface area contributed by atoms with Gasteiger partial charge in [-0.05, 0) is 31.6 Å². The molecule has 0 radical (unpaired) electrons. The van der Waals surface area contributed by atoms with E-state index in [9.17, 15) is 5.11 Å². The van der Waals surface area contributed by atoms with Crippen molar-refractivity contribution in [2.75, 3.05) is 26.4 Å². The maximum absolute atomic E-state index is 11.0. The van der Waals surface area contributed by atoms with Crippen LogP contribution in [-0.4, -0.2) is 68.3 Å². The van der Waals surface area contributed by atoms with Crippen molar-refractivity contribution in [2.45, 2.75) is 130 Å². The van der Waals surface area contributed by atoms with E-state index >= 15 is 0 Å². The van der Waals surface area contributed by atoms with Gasteiger partial charge in [0.2, 0.25) is 0 Å². The van der Waals surface area contributed by atoms with E-state index in [2.05, 4.69) is 27.7 Å². The van der Waals surface area contributed by atoms with Crippen molar-refractivity contribution in [3.63, 3.8) is 0 Å². The molecular formula is C25H50O6. The summed E-state index contributed by atoms with van der Waals surface area (Å²) in [7, 11) is 0. The number of aliphatic hydroxyl groups is 1. The fraction of sp³-hybridized carbons (Fsp3) is 1.00. The molecule has 31 heavy (non-hydrogen) atoms. The number of ether oxygens (including phenoxy) is 5. The van der Waals surface area contributed by atoms with E-state index in [1.165, 1.54) is 0 Å². The molecule has 0 aromatic rings. The van der Waals surface area contributed by atoms with Crippen molar-refractivity contribution in [3.8, 4) is 0 Å².